The second-order valence-electron chi connectivity index (χ2n) is 8.74. The second-order valence-corrected chi connectivity index (χ2v) is 8.74. The van der Waals surface area contributed by atoms with Crippen LogP contribution in [-0.4, -0.2) is 47.0 Å². The lowest BCUT2D eigenvalue weighted by Crippen LogP contribution is -2.48. The molecule has 1 aromatic carbocycles. The number of rotatable bonds is 4. The highest BCUT2D eigenvalue weighted by Gasteiger charge is 2.25. The first-order valence-electron chi connectivity index (χ1n) is 9.94. The van der Waals surface area contributed by atoms with Gasteiger partial charge in [-0.2, -0.15) is 5.10 Å². The molecule has 1 amide bonds. The maximum absolute atomic E-state index is 13.0. The van der Waals surface area contributed by atoms with Crippen LogP contribution in [0.25, 0.3) is 0 Å². The van der Waals surface area contributed by atoms with Crippen molar-refractivity contribution in [2.45, 2.75) is 53.5 Å². The van der Waals surface area contributed by atoms with E-state index >= 15 is 0 Å². The second kappa shape index (κ2) is 8.05. The smallest absolute Gasteiger partial charge is 0.283 e. The van der Waals surface area contributed by atoms with Gasteiger partial charge < -0.3 is 4.74 Å². The van der Waals surface area contributed by atoms with Gasteiger partial charge >= 0.3 is 0 Å². The molecule has 0 bridgehead atoms. The predicted octanol–water partition coefficient (Wildman–Crippen LogP) is 3.13. The standard InChI is InChI=1S/C22H32N4O2/c1-15-11-16(2)18(17(3)12-15)14-26-19(13-20(23-26)22(4,5)6)21(27)24-25-7-9-28-10-8-25/h11-13H,7-10,14H2,1-6H3,(H,24,27). The third-order valence-corrected chi connectivity index (χ3v) is 5.20. The summed E-state index contributed by atoms with van der Waals surface area (Å²) in [7, 11) is 0. The minimum absolute atomic E-state index is 0.118. The molecule has 1 saturated heterocycles. The van der Waals surface area contributed by atoms with Crippen LogP contribution < -0.4 is 5.43 Å². The van der Waals surface area contributed by atoms with Gasteiger partial charge in [-0.3, -0.25) is 14.9 Å². The van der Waals surface area contributed by atoms with Crippen LogP contribution in [0.5, 0.6) is 0 Å². The fourth-order valence-electron chi connectivity index (χ4n) is 3.57. The molecule has 0 radical (unpaired) electrons. The topological polar surface area (TPSA) is 59.4 Å². The first kappa shape index (κ1) is 20.6. The Morgan fingerprint density at radius 1 is 1.11 bits per heavy atom. The lowest BCUT2D eigenvalue weighted by atomic mass is 9.92. The minimum Gasteiger partial charge on any atom is -0.379 e. The number of hydrogen-bond donors (Lipinski definition) is 1. The van der Waals surface area contributed by atoms with E-state index in [0.29, 0.717) is 38.5 Å². The Labute approximate surface area is 167 Å². The first-order chi connectivity index (χ1) is 13.1. The van der Waals surface area contributed by atoms with Crippen molar-refractivity contribution in [2.75, 3.05) is 26.3 Å². The van der Waals surface area contributed by atoms with E-state index in [0.717, 1.165) is 5.69 Å². The Balaban J connectivity index is 1.93. The summed E-state index contributed by atoms with van der Waals surface area (Å²) in [6.45, 7) is 15.9. The molecule has 1 aliphatic rings. The third kappa shape index (κ3) is 4.62. The molecule has 1 aromatic heterocycles. The van der Waals surface area contributed by atoms with E-state index in [4.69, 9.17) is 9.84 Å². The number of aromatic nitrogens is 2. The van der Waals surface area contributed by atoms with Gasteiger partial charge in [-0.25, -0.2) is 5.01 Å². The molecule has 3 rings (SSSR count). The van der Waals surface area contributed by atoms with E-state index in [-0.39, 0.29) is 11.3 Å². The number of hydrazine groups is 1. The number of nitrogens with one attached hydrogen (secondary N) is 1. The van der Waals surface area contributed by atoms with Gasteiger partial charge in [-0.1, -0.05) is 38.5 Å². The fraction of sp³-hybridized carbons (Fsp3) is 0.545. The molecule has 28 heavy (non-hydrogen) atoms. The Hall–Kier alpha value is -2.18. The van der Waals surface area contributed by atoms with Crippen molar-refractivity contribution in [3.8, 4) is 0 Å². The SMILES string of the molecule is Cc1cc(C)c(Cn2nc(C(C)(C)C)cc2C(=O)NN2CCOCC2)c(C)c1. The maximum atomic E-state index is 13.0. The Morgan fingerprint density at radius 3 is 2.29 bits per heavy atom. The number of benzene rings is 1. The summed E-state index contributed by atoms with van der Waals surface area (Å²) >= 11 is 0. The van der Waals surface area contributed by atoms with E-state index in [9.17, 15) is 4.79 Å². The van der Waals surface area contributed by atoms with E-state index in [2.05, 4.69) is 59.1 Å². The Morgan fingerprint density at radius 2 is 1.71 bits per heavy atom. The molecule has 1 fully saturated rings. The highest BCUT2D eigenvalue weighted by Crippen LogP contribution is 2.24. The van der Waals surface area contributed by atoms with Crippen LogP contribution in [0.15, 0.2) is 18.2 Å². The molecule has 2 heterocycles. The van der Waals surface area contributed by atoms with Gasteiger partial charge in [-0.05, 0) is 43.5 Å². The molecule has 1 N–H and O–H groups in total. The normalized spacial score (nSPS) is 15.6. The molecule has 1 aliphatic heterocycles. The van der Waals surface area contributed by atoms with Gasteiger partial charge in [-0.15, -0.1) is 0 Å². The van der Waals surface area contributed by atoms with Crippen LogP contribution in [0.3, 0.4) is 0 Å². The highest BCUT2D eigenvalue weighted by molar-refractivity contribution is 5.92. The quantitative estimate of drug-likeness (QED) is 0.880. The number of carbonyl (C=O) groups is 1. The number of aryl methyl sites for hydroxylation is 3. The monoisotopic (exact) mass is 384 g/mol. The number of morpholine rings is 1. The van der Waals surface area contributed by atoms with Crippen molar-refractivity contribution >= 4 is 5.91 Å². The van der Waals surface area contributed by atoms with Crippen molar-refractivity contribution in [3.05, 3.63) is 51.8 Å². The van der Waals surface area contributed by atoms with Crippen molar-refractivity contribution in [1.82, 2.24) is 20.2 Å². The number of ether oxygens (including phenoxy) is 1. The van der Waals surface area contributed by atoms with Crippen molar-refractivity contribution < 1.29 is 9.53 Å². The van der Waals surface area contributed by atoms with Gasteiger partial charge in [0.05, 0.1) is 25.5 Å². The molecule has 0 spiro atoms. The van der Waals surface area contributed by atoms with Gasteiger partial charge in [0.2, 0.25) is 0 Å². The molecular formula is C22H32N4O2. The molecule has 6 heteroatoms. The summed E-state index contributed by atoms with van der Waals surface area (Å²) in [5.41, 5.74) is 9.32. The average molecular weight is 385 g/mol. The minimum atomic E-state index is -0.128. The molecule has 2 aromatic rings. The van der Waals surface area contributed by atoms with Gasteiger partial charge in [0.25, 0.3) is 5.91 Å². The largest absolute Gasteiger partial charge is 0.379 e. The first-order valence-corrected chi connectivity index (χ1v) is 9.94. The number of amides is 1. The molecule has 6 nitrogen and oxygen atoms in total. The van der Waals surface area contributed by atoms with Crippen molar-refractivity contribution in [3.63, 3.8) is 0 Å². The van der Waals surface area contributed by atoms with Crippen LogP contribution >= 0.6 is 0 Å². The summed E-state index contributed by atoms with van der Waals surface area (Å²) in [6, 6.07) is 6.29. The Kier molecular flexibility index (Phi) is 5.91. The van der Waals surface area contributed by atoms with Crippen LogP contribution in [0, 0.1) is 20.8 Å². The summed E-state index contributed by atoms with van der Waals surface area (Å²) in [6.07, 6.45) is 0. The molecular weight excluding hydrogens is 352 g/mol. The molecule has 0 unspecified atom stereocenters. The zero-order valence-electron chi connectivity index (χ0n) is 17.9. The summed E-state index contributed by atoms with van der Waals surface area (Å²) < 4.78 is 7.21. The van der Waals surface area contributed by atoms with Gasteiger partial charge in [0.1, 0.15) is 5.69 Å². The molecule has 0 aliphatic carbocycles. The zero-order chi connectivity index (χ0) is 20.5. The highest BCUT2D eigenvalue weighted by atomic mass is 16.5. The zero-order valence-corrected chi connectivity index (χ0v) is 17.9. The lowest BCUT2D eigenvalue weighted by molar-refractivity contribution is 0.0123. The molecule has 0 atom stereocenters. The van der Waals surface area contributed by atoms with Crippen LogP contribution in [0.4, 0.5) is 0 Å². The average Bonchev–Trinajstić information content (AvgIpc) is 3.03. The van der Waals surface area contributed by atoms with Crippen LogP contribution in [0.1, 0.15) is 59.2 Å². The predicted molar refractivity (Wildman–Crippen MR) is 111 cm³/mol. The number of carbonyl (C=O) groups excluding carboxylic acids is 1. The number of nitrogens with zero attached hydrogens (tertiary/aromatic N) is 3. The van der Waals surface area contributed by atoms with Gasteiger partial charge in [0, 0.05) is 18.5 Å². The van der Waals surface area contributed by atoms with E-state index < -0.39 is 0 Å². The summed E-state index contributed by atoms with van der Waals surface area (Å²) in [5.74, 6) is -0.118. The molecule has 152 valence electrons. The summed E-state index contributed by atoms with van der Waals surface area (Å²) in [5, 5.41) is 6.73. The van der Waals surface area contributed by atoms with Crippen LogP contribution in [0.2, 0.25) is 0 Å². The van der Waals surface area contributed by atoms with Crippen LogP contribution in [-0.2, 0) is 16.7 Å². The van der Waals surface area contributed by atoms with E-state index in [1.807, 2.05) is 15.8 Å². The van der Waals surface area contributed by atoms with Gasteiger partial charge in [0.15, 0.2) is 0 Å². The Bertz CT molecular complexity index is 835. The summed E-state index contributed by atoms with van der Waals surface area (Å²) in [4.78, 5) is 13.0. The number of hydrogen-bond acceptors (Lipinski definition) is 4. The lowest BCUT2D eigenvalue weighted by Gasteiger charge is -2.27. The maximum Gasteiger partial charge on any atom is 0.283 e. The van der Waals surface area contributed by atoms with E-state index in [1.165, 1.54) is 22.3 Å². The van der Waals surface area contributed by atoms with E-state index in [1.54, 1.807) is 0 Å². The third-order valence-electron chi connectivity index (χ3n) is 5.20. The van der Waals surface area contributed by atoms with Crippen molar-refractivity contribution in [2.24, 2.45) is 0 Å². The fourth-order valence-corrected chi connectivity index (χ4v) is 3.57. The van der Waals surface area contributed by atoms with Crippen molar-refractivity contribution in [1.29, 1.82) is 0 Å². The molecule has 0 saturated carbocycles.